The predicted octanol–water partition coefficient (Wildman–Crippen LogP) is 4.20. The van der Waals surface area contributed by atoms with Gasteiger partial charge in [-0.05, 0) is 24.1 Å². The normalized spacial score (nSPS) is 12.3. The van der Waals surface area contributed by atoms with Gasteiger partial charge in [-0.3, -0.25) is 0 Å². The number of fused-ring (bicyclic) bond motifs is 1. The Morgan fingerprint density at radius 3 is 2.68 bits per heavy atom. The van der Waals surface area contributed by atoms with Crippen LogP contribution in [0.4, 0.5) is 0 Å². The quantitative estimate of drug-likeness (QED) is 0.808. The van der Waals surface area contributed by atoms with Gasteiger partial charge in [-0.1, -0.05) is 36.9 Å². The van der Waals surface area contributed by atoms with Gasteiger partial charge in [0, 0.05) is 43.0 Å². The summed E-state index contributed by atoms with van der Waals surface area (Å²) >= 11 is 0. The third-order valence-electron chi connectivity index (χ3n) is 3.01. The first kappa shape index (κ1) is 13.2. The standard InChI is InChI=1S/C17H20N2/c1-5-8-14(12-19(3)4)13(2)16-11-18-17-10-7-6-9-15(16)17/h5-12,18H,2H2,1,3-4H3/b8-5-,14-12+. The predicted molar refractivity (Wildman–Crippen MR) is 83.9 cm³/mol. The Morgan fingerprint density at radius 1 is 1.26 bits per heavy atom. The third-order valence-corrected chi connectivity index (χ3v) is 3.01. The highest BCUT2D eigenvalue weighted by molar-refractivity contribution is 5.96. The molecular weight excluding hydrogens is 232 g/mol. The van der Waals surface area contributed by atoms with Crippen molar-refractivity contribution >= 4 is 16.5 Å². The lowest BCUT2D eigenvalue weighted by Crippen LogP contribution is -2.03. The summed E-state index contributed by atoms with van der Waals surface area (Å²) in [6.07, 6.45) is 8.24. The van der Waals surface area contributed by atoms with Crippen LogP contribution in [0.25, 0.3) is 16.5 Å². The van der Waals surface area contributed by atoms with Crippen LogP contribution in [0.2, 0.25) is 0 Å². The molecule has 0 atom stereocenters. The molecule has 1 aromatic heterocycles. The lowest BCUT2D eigenvalue weighted by atomic mass is 9.99. The molecule has 2 nitrogen and oxygen atoms in total. The molecule has 1 aromatic carbocycles. The molecule has 98 valence electrons. The molecule has 0 unspecified atom stereocenters. The fraction of sp³-hybridized carbons (Fsp3) is 0.176. The van der Waals surface area contributed by atoms with E-state index in [2.05, 4.69) is 42.0 Å². The summed E-state index contributed by atoms with van der Waals surface area (Å²) in [5, 5.41) is 1.21. The van der Waals surface area contributed by atoms with Crippen molar-refractivity contribution in [2.45, 2.75) is 6.92 Å². The monoisotopic (exact) mass is 252 g/mol. The van der Waals surface area contributed by atoms with Crippen LogP contribution < -0.4 is 0 Å². The number of nitrogens with one attached hydrogen (secondary N) is 1. The second-order valence-corrected chi connectivity index (χ2v) is 4.77. The molecule has 0 saturated carbocycles. The Morgan fingerprint density at radius 2 is 2.00 bits per heavy atom. The minimum Gasteiger partial charge on any atom is -0.383 e. The number of benzene rings is 1. The number of hydrogen-bond donors (Lipinski definition) is 1. The van der Waals surface area contributed by atoms with Crippen LogP contribution in [0, 0.1) is 0 Å². The number of nitrogens with zero attached hydrogens (tertiary/aromatic N) is 1. The van der Waals surface area contributed by atoms with Crippen molar-refractivity contribution in [1.29, 1.82) is 0 Å². The van der Waals surface area contributed by atoms with Gasteiger partial charge in [-0.2, -0.15) is 0 Å². The highest BCUT2D eigenvalue weighted by Crippen LogP contribution is 2.29. The van der Waals surface area contributed by atoms with Crippen LogP contribution in [0.15, 0.2) is 61.0 Å². The highest BCUT2D eigenvalue weighted by Gasteiger charge is 2.09. The van der Waals surface area contributed by atoms with E-state index in [4.69, 9.17) is 0 Å². The largest absolute Gasteiger partial charge is 0.383 e. The van der Waals surface area contributed by atoms with E-state index in [1.165, 1.54) is 5.39 Å². The molecule has 1 heterocycles. The van der Waals surface area contributed by atoms with Gasteiger partial charge in [-0.25, -0.2) is 0 Å². The fourth-order valence-electron chi connectivity index (χ4n) is 2.16. The van der Waals surface area contributed by atoms with E-state index >= 15 is 0 Å². The van der Waals surface area contributed by atoms with E-state index in [0.29, 0.717) is 0 Å². The number of allylic oxidation sites excluding steroid dienone is 4. The van der Waals surface area contributed by atoms with E-state index < -0.39 is 0 Å². The first-order valence-electron chi connectivity index (χ1n) is 6.40. The zero-order chi connectivity index (χ0) is 13.8. The Hall–Kier alpha value is -2.22. The van der Waals surface area contributed by atoms with Crippen molar-refractivity contribution < 1.29 is 0 Å². The maximum atomic E-state index is 4.25. The minimum atomic E-state index is 1.03. The number of hydrogen-bond acceptors (Lipinski definition) is 1. The van der Waals surface area contributed by atoms with Crippen molar-refractivity contribution in [3.63, 3.8) is 0 Å². The molecule has 0 bridgehead atoms. The van der Waals surface area contributed by atoms with Crippen molar-refractivity contribution in [2.75, 3.05) is 14.1 Å². The lowest BCUT2D eigenvalue weighted by Gasteiger charge is -2.11. The van der Waals surface area contributed by atoms with Crippen LogP contribution in [0.5, 0.6) is 0 Å². The van der Waals surface area contributed by atoms with Crippen LogP contribution in [-0.4, -0.2) is 24.0 Å². The van der Waals surface area contributed by atoms with Crippen LogP contribution in [0.1, 0.15) is 12.5 Å². The fourth-order valence-corrected chi connectivity index (χ4v) is 2.16. The molecule has 0 aliphatic rings. The van der Waals surface area contributed by atoms with Gasteiger partial charge in [0.25, 0.3) is 0 Å². The summed E-state index contributed by atoms with van der Waals surface area (Å²) in [5.41, 5.74) is 4.45. The molecule has 2 rings (SSSR count). The van der Waals surface area contributed by atoms with Crippen molar-refractivity contribution in [1.82, 2.24) is 9.88 Å². The first-order chi connectivity index (χ1) is 9.13. The van der Waals surface area contributed by atoms with E-state index in [-0.39, 0.29) is 0 Å². The maximum absolute atomic E-state index is 4.25. The van der Waals surface area contributed by atoms with Crippen molar-refractivity contribution in [3.05, 3.63) is 66.5 Å². The second-order valence-electron chi connectivity index (χ2n) is 4.77. The van der Waals surface area contributed by atoms with Gasteiger partial charge < -0.3 is 9.88 Å². The molecule has 2 heteroatoms. The summed E-state index contributed by atoms with van der Waals surface area (Å²) < 4.78 is 0. The molecule has 0 fully saturated rings. The van der Waals surface area contributed by atoms with Crippen molar-refractivity contribution in [2.24, 2.45) is 0 Å². The zero-order valence-electron chi connectivity index (χ0n) is 11.8. The van der Waals surface area contributed by atoms with E-state index in [1.54, 1.807) is 0 Å². The Kier molecular flexibility index (Phi) is 3.91. The highest BCUT2D eigenvalue weighted by atomic mass is 15.0. The second kappa shape index (κ2) is 5.61. The lowest BCUT2D eigenvalue weighted by molar-refractivity contribution is 0.561. The van der Waals surface area contributed by atoms with Gasteiger partial charge in [0.15, 0.2) is 0 Å². The van der Waals surface area contributed by atoms with Gasteiger partial charge in [-0.15, -0.1) is 0 Å². The molecule has 0 amide bonds. The first-order valence-corrected chi connectivity index (χ1v) is 6.40. The maximum Gasteiger partial charge on any atom is 0.0460 e. The van der Waals surface area contributed by atoms with Crippen LogP contribution in [-0.2, 0) is 0 Å². The van der Waals surface area contributed by atoms with Crippen molar-refractivity contribution in [3.8, 4) is 0 Å². The summed E-state index contributed by atoms with van der Waals surface area (Å²) in [6.45, 7) is 6.27. The Balaban J connectivity index is 2.48. The van der Waals surface area contributed by atoms with Gasteiger partial charge in [0.2, 0.25) is 0 Å². The molecule has 0 saturated heterocycles. The molecule has 0 aliphatic carbocycles. The third kappa shape index (κ3) is 2.79. The summed E-state index contributed by atoms with van der Waals surface area (Å²) in [7, 11) is 4.04. The molecule has 0 radical (unpaired) electrons. The van der Waals surface area contributed by atoms with Gasteiger partial charge in [0.05, 0.1) is 0 Å². The number of aromatic nitrogens is 1. The topological polar surface area (TPSA) is 19.0 Å². The van der Waals surface area contributed by atoms with Crippen LogP contribution >= 0.6 is 0 Å². The van der Waals surface area contributed by atoms with E-state index in [1.807, 2.05) is 44.3 Å². The van der Waals surface area contributed by atoms with E-state index in [0.717, 1.165) is 22.2 Å². The van der Waals surface area contributed by atoms with Gasteiger partial charge >= 0.3 is 0 Å². The molecule has 0 aliphatic heterocycles. The Bertz CT molecular complexity index is 642. The van der Waals surface area contributed by atoms with Gasteiger partial charge in [0.1, 0.15) is 0 Å². The molecule has 1 N–H and O–H groups in total. The number of H-pyrrole nitrogens is 1. The zero-order valence-corrected chi connectivity index (χ0v) is 11.8. The average Bonchev–Trinajstić information content (AvgIpc) is 2.80. The van der Waals surface area contributed by atoms with Crippen LogP contribution in [0.3, 0.4) is 0 Å². The SMILES string of the molecule is C=C(C(/C=C\C)=C/N(C)C)c1c[nH]c2ccccc12. The smallest absolute Gasteiger partial charge is 0.0460 e. The molecule has 2 aromatic rings. The Labute approximate surface area is 114 Å². The summed E-state index contributed by atoms with van der Waals surface area (Å²) in [5.74, 6) is 0. The summed E-state index contributed by atoms with van der Waals surface area (Å²) in [6, 6.07) is 8.29. The molecular formula is C17H20N2. The summed E-state index contributed by atoms with van der Waals surface area (Å²) in [4.78, 5) is 5.33. The number of rotatable bonds is 4. The number of aromatic amines is 1. The average molecular weight is 252 g/mol. The number of para-hydroxylation sites is 1. The van der Waals surface area contributed by atoms with E-state index in [9.17, 15) is 0 Å². The minimum absolute atomic E-state index is 1.03. The molecule has 19 heavy (non-hydrogen) atoms. The molecule has 0 spiro atoms.